The van der Waals surface area contributed by atoms with Crippen molar-refractivity contribution in [1.82, 2.24) is 0 Å². The lowest BCUT2D eigenvalue weighted by atomic mass is 9.73. The molecule has 1 N–H and O–H groups in total. The molecule has 1 aliphatic carbocycles. The van der Waals surface area contributed by atoms with Crippen molar-refractivity contribution in [3.05, 3.63) is 34.3 Å². The van der Waals surface area contributed by atoms with Gasteiger partial charge in [0.2, 0.25) is 0 Å². The van der Waals surface area contributed by atoms with Gasteiger partial charge < -0.3 is 5.11 Å². The second kappa shape index (κ2) is 4.35. The largest absolute Gasteiger partial charge is 0.481 e. The van der Waals surface area contributed by atoms with Crippen LogP contribution in [0.5, 0.6) is 0 Å². The van der Waals surface area contributed by atoms with E-state index >= 15 is 0 Å². The van der Waals surface area contributed by atoms with E-state index in [9.17, 15) is 9.90 Å². The Kier molecular flexibility index (Phi) is 3.10. The summed E-state index contributed by atoms with van der Waals surface area (Å²) in [4.78, 5) is 11.2. The summed E-state index contributed by atoms with van der Waals surface area (Å²) in [5.74, 6) is -0.689. The van der Waals surface area contributed by atoms with Gasteiger partial charge in [0, 0.05) is 4.47 Å². The van der Waals surface area contributed by atoms with Crippen LogP contribution in [0.1, 0.15) is 30.7 Å². The van der Waals surface area contributed by atoms with Crippen molar-refractivity contribution in [2.24, 2.45) is 5.92 Å². The molecule has 0 radical (unpaired) electrons. The van der Waals surface area contributed by atoms with E-state index in [1.165, 1.54) is 6.42 Å². The molecule has 0 saturated heterocycles. The first-order valence-electron chi connectivity index (χ1n) is 5.17. The predicted octanol–water partition coefficient (Wildman–Crippen LogP) is 3.42. The summed E-state index contributed by atoms with van der Waals surface area (Å²) in [6.07, 6.45) is 3.26. The Morgan fingerprint density at radius 1 is 1.47 bits per heavy atom. The fourth-order valence-corrected chi connectivity index (χ4v) is 2.51. The fraction of sp³-hybridized carbons (Fsp3) is 0.417. The lowest BCUT2D eigenvalue weighted by Crippen LogP contribution is -2.26. The van der Waals surface area contributed by atoms with Crippen LogP contribution in [0.3, 0.4) is 0 Å². The minimum atomic E-state index is -0.696. The van der Waals surface area contributed by atoms with Crippen molar-refractivity contribution in [3.63, 3.8) is 0 Å². The number of halogens is 1. The summed E-state index contributed by atoms with van der Waals surface area (Å²) in [5, 5.41) is 9.24. The van der Waals surface area contributed by atoms with Crippen LogP contribution in [0.4, 0.5) is 0 Å². The molecule has 0 spiro atoms. The van der Waals surface area contributed by atoms with Gasteiger partial charge in [-0.25, -0.2) is 0 Å². The Bertz CT molecular complexity index is 372. The predicted molar refractivity (Wildman–Crippen MR) is 61.9 cm³/mol. The standard InChI is InChI=1S/C12H13BrO2/c13-10-6-2-5-9(7-10)11(12(14)15)8-3-1-4-8/h2,5-8,11H,1,3-4H2,(H,14,15)/t11-/m1/s1. The number of carboxylic acids is 1. The average Bonchev–Trinajstić information content (AvgIpc) is 2.10. The summed E-state index contributed by atoms with van der Waals surface area (Å²) < 4.78 is 0.950. The lowest BCUT2D eigenvalue weighted by Gasteiger charge is -2.31. The Balaban J connectivity index is 2.27. The van der Waals surface area contributed by atoms with E-state index in [2.05, 4.69) is 15.9 Å². The van der Waals surface area contributed by atoms with E-state index in [-0.39, 0.29) is 5.92 Å². The van der Waals surface area contributed by atoms with Gasteiger partial charge in [-0.15, -0.1) is 0 Å². The quantitative estimate of drug-likeness (QED) is 0.912. The molecule has 1 aliphatic rings. The summed E-state index contributed by atoms with van der Waals surface area (Å²) in [6.45, 7) is 0. The monoisotopic (exact) mass is 268 g/mol. The minimum Gasteiger partial charge on any atom is -0.481 e. The number of hydrogen-bond donors (Lipinski definition) is 1. The maximum absolute atomic E-state index is 11.2. The van der Waals surface area contributed by atoms with E-state index in [0.717, 1.165) is 22.9 Å². The highest BCUT2D eigenvalue weighted by atomic mass is 79.9. The van der Waals surface area contributed by atoms with Crippen molar-refractivity contribution in [1.29, 1.82) is 0 Å². The van der Waals surface area contributed by atoms with Crippen LogP contribution in [0, 0.1) is 5.92 Å². The van der Waals surface area contributed by atoms with Crippen molar-refractivity contribution in [2.45, 2.75) is 25.2 Å². The zero-order valence-corrected chi connectivity index (χ0v) is 9.90. The third kappa shape index (κ3) is 2.23. The maximum atomic E-state index is 11.2. The van der Waals surface area contributed by atoms with Crippen molar-refractivity contribution in [3.8, 4) is 0 Å². The molecule has 80 valence electrons. The average molecular weight is 269 g/mol. The summed E-state index contributed by atoms with van der Waals surface area (Å²) in [6, 6.07) is 7.64. The molecule has 3 heteroatoms. The van der Waals surface area contributed by atoms with Crippen LogP contribution in [0.15, 0.2) is 28.7 Å². The molecule has 1 aromatic carbocycles. The normalized spacial score (nSPS) is 18.2. The summed E-state index contributed by atoms with van der Waals surface area (Å²) >= 11 is 3.38. The summed E-state index contributed by atoms with van der Waals surface area (Å²) in [5.41, 5.74) is 0.918. The second-order valence-electron chi connectivity index (χ2n) is 4.06. The van der Waals surface area contributed by atoms with Gasteiger partial charge >= 0.3 is 5.97 Å². The number of rotatable bonds is 3. The van der Waals surface area contributed by atoms with E-state index in [1.807, 2.05) is 24.3 Å². The first kappa shape index (κ1) is 10.7. The molecule has 0 amide bonds. The topological polar surface area (TPSA) is 37.3 Å². The molecule has 0 bridgehead atoms. The highest BCUT2D eigenvalue weighted by Crippen LogP contribution is 2.39. The Labute approximate surface area is 97.4 Å². The molecule has 0 unspecified atom stereocenters. The van der Waals surface area contributed by atoms with Gasteiger partial charge in [0.1, 0.15) is 0 Å². The van der Waals surface area contributed by atoms with E-state index in [1.54, 1.807) is 0 Å². The van der Waals surface area contributed by atoms with Gasteiger partial charge in [-0.3, -0.25) is 4.79 Å². The van der Waals surface area contributed by atoms with Crippen molar-refractivity contribution >= 4 is 21.9 Å². The molecule has 2 rings (SSSR count). The third-order valence-electron chi connectivity index (χ3n) is 3.10. The number of benzene rings is 1. The molecule has 0 heterocycles. The molecule has 1 fully saturated rings. The molecule has 15 heavy (non-hydrogen) atoms. The van der Waals surface area contributed by atoms with Gasteiger partial charge in [-0.1, -0.05) is 34.5 Å². The maximum Gasteiger partial charge on any atom is 0.311 e. The second-order valence-corrected chi connectivity index (χ2v) is 4.98. The Morgan fingerprint density at radius 2 is 2.20 bits per heavy atom. The van der Waals surface area contributed by atoms with E-state index in [0.29, 0.717) is 5.92 Å². The molecule has 1 saturated carbocycles. The molecule has 1 atom stereocenters. The molecular weight excluding hydrogens is 256 g/mol. The molecule has 0 aromatic heterocycles. The first-order chi connectivity index (χ1) is 7.18. The summed E-state index contributed by atoms with van der Waals surface area (Å²) in [7, 11) is 0. The highest BCUT2D eigenvalue weighted by Gasteiger charge is 2.33. The molecule has 1 aromatic rings. The van der Waals surface area contributed by atoms with Crippen LogP contribution in [0.25, 0.3) is 0 Å². The molecular formula is C12H13BrO2. The van der Waals surface area contributed by atoms with Crippen LogP contribution in [-0.2, 0) is 4.79 Å². The van der Waals surface area contributed by atoms with Gasteiger partial charge in [0.05, 0.1) is 5.92 Å². The first-order valence-corrected chi connectivity index (χ1v) is 5.96. The van der Waals surface area contributed by atoms with Gasteiger partial charge in [-0.05, 0) is 36.5 Å². The van der Waals surface area contributed by atoms with Crippen molar-refractivity contribution in [2.75, 3.05) is 0 Å². The van der Waals surface area contributed by atoms with Crippen LogP contribution in [0.2, 0.25) is 0 Å². The van der Waals surface area contributed by atoms with Gasteiger partial charge in [0.25, 0.3) is 0 Å². The number of carbonyl (C=O) groups is 1. The zero-order chi connectivity index (χ0) is 10.8. The molecule has 2 nitrogen and oxygen atoms in total. The third-order valence-corrected chi connectivity index (χ3v) is 3.59. The highest BCUT2D eigenvalue weighted by molar-refractivity contribution is 9.10. The van der Waals surface area contributed by atoms with E-state index < -0.39 is 5.97 Å². The number of carboxylic acid groups (broad SMARTS) is 1. The van der Waals surface area contributed by atoms with Gasteiger partial charge in [0.15, 0.2) is 0 Å². The zero-order valence-electron chi connectivity index (χ0n) is 8.32. The Hall–Kier alpha value is -0.830. The van der Waals surface area contributed by atoms with Crippen LogP contribution >= 0.6 is 15.9 Å². The Morgan fingerprint density at radius 3 is 2.67 bits per heavy atom. The van der Waals surface area contributed by atoms with Crippen molar-refractivity contribution < 1.29 is 9.90 Å². The van der Waals surface area contributed by atoms with Crippen LogP contribution < -0.4 is 0 Å². The van der Waals surface area contributed by atoms with Gasteiger partial charge in [-0.2, -0.15) is 0 Å². The SMILES string of the molecule is O=C(O)[C@@H](c1cccc(Br)c1)C1CCC1. The smallest absolute Gasteiger partial charge is 0.311 e. The number of hydrogen-bond acceptors (Lipinski definition) is 1. The van der Waals surface area contributed by atoms with E-state index in [4.69, 9.17) is 0 Å². The minimum absolute atomic E-state index is 0.323. The van der Waals surface area contributed by atoms with Crippen LogP contribution in [-0.4, -0.2) is 11.1 Å². The molecule has 0 aliphatic heterocycles. The fourth-order valence-electron chi connectivity index (χ4n) is 2.09. The number of aliphatic carboxylic acids is 1. The lowest BCUT2D eigenvalue weighted by molar-refractivity contribution is -0.141.